The second-order valence-electron chi connectivity index (χ2n) is 5.69. The SMILES string of the molecule is CC1=C(N2C=CN(c3ccccc3)C2C)C=CCC1C. The van der Waals surface area contributed by atoms with Crippen molar-refractivity contribution < 1.29 is 0 Å². The van der Waals surface area contributed by atoms with Gasteiger partial charge < -0.3 is 9.80 Å². The minimum Gasteiger partial charge on any atom is -0.326 e. The molecule has 2 unspecified atom stereocenters. The van der Waals surface area contributed by atoms with Gasteiger partial charge in [-0.1, -0.05) is 31.2 Å². The predicted octanol–water partition coefficient (Wildman–Crippen LogP) is 4.50. The van der Waals surface area contributed by atoms with Crippen LogP contribution in [-0.2, 0) is 0 Å². The van der Waals surface area contributed by atoms with Crippen molar-refractivity contribution in [1.82, 2.24) is 4.90 Å². The van der Waals surface area contributed by atoms with Gasteiger partial charge in [-0.25, -0.2) is 0 Å². The largest absolute Gasteiger partial charge is 0.326 e. The third-order valence-corrected chi connectivity index (χ3v) is 4.43. The van der Waals surface area contributed by atoms with Crippen LogP contribution in [0.25, 0.3) is 0 Å². The van der Waals surface area contributed by atoms with Gasteiger partial charge in [0.15, 0.2) is 0 Å². The van der Waals surface area contributed by atoms with Gasteiger partial charge in [0.25, 0.3) is 0 Å². The van der Waals surface area contributed by atoms with Crippen LogP contribution >= 0.6 is 0 Å². The number of hydrogen-bond donors (Lipinski definition) is 0. The highest BCUT2D eigenvalue weighted by Gasteiger charge is 2.27. The van der Waals surface area contributed by atoms with Crippen molar-refractivity contribution in [3.05, 3.63) is 66.2 Å². The molecule has 1 heterocycles. The fraction of sp³-hybridized carbons (Fsp3) is 0.333. The summed E-state index contributed by atoms with van der Waals surface area (Å²) < 4.78 is 0. The standard InChI is InChI=1S/C18H22N2/c1-14-8-7-11-18(15(14)2)20-13-12-19(16(20)3)17-9-5-4-6-10-17/h4-7,9-14,16H,8H2,1-3H3. The number of para-hydroxylation sites is 1. The molecule has 0 bridgehead atoms. The molecule has 2 aliphatic rings. The van der Waals surface area contributed by atoms with Crippen LogP contribution in [0.4, 0.5) is 5.69 Å². The van der Waals surface area contributed by atoms with Crippen molar-refractivity contribution in [2.45, 2.75) is 33.4 Å². The molecule has 0 saturated carbocycles. The van der Waals surface area contributed by atoms with Crippen molar-refractivity contribution in [3.8, 4) is 0 Å². The summed E-state index contributed by atoms with van der Waals surface area (Å²) in [4.78, 5) is 4.68. The Balaban J connectivity index is 1.87. The molecule has 0 spiro atoms. The van der Waals surface area contributed by atoms with Gasteiger partial charge in [0.05, 0.1) is 0 Å². The van der Waals surface area contributed by atoms with Gasteiger partial charge in [0.1, 0.15) is 6.17 Å². The van der Waals surface area contributed by atoms with Crippen LogP contribution in [0, 0.1) is 5.92 Å². The molecule has 1 aliphatic heterocycles. The lowest BCUT2D eigenvalue weighted by molar-refractivity contribution is 0.390. The number of rotatable bonds is 2. The van der Waals surface area contributed by atoms with Crippen LogP contribution in [0.3, 0.4) is 0 Å². The molecule has 0 fully saturated rings. The first kappa shape index (κ1) is 13.0. The van der Waals surface area contributed by atoms with E-state index >= 15 is 0 Å². The molecule has 0 aromatic heterocycles. The third-order valence-electron chi connectivity index (χ3n) is 4.43. The van der Waals surface area contributed by atoms with Gasteiger partial charge in [-0.3, -0.25) is 0 Å². The van der Waals surface area contributed by atoms with Gasteiger partial charge in [-0.05, 0) is 50.0 Å². The zero-order chi connectivity index (χ0) is 14.1. The Bertz CT molecular complexity index is 568. The highest BCUT2D eigenvalue weighted by atomic mass is 15.4. The summed E-state index contributed by atoms with van der Waals surface area (Å²) in [5.41, 5.74) is 4.08. The Hall–Kier alpha value is -1.96. The van der Waals surface area contributed by atoms with E-state index in [2.05, 4.69) is 85.5 Å². The minimum atomic E-state index is 0.317. The molecule has 2 atom stereocenters. The lowest BCUT2D eigenvalue weighted by atomic mass is 9.92. The van der Waals surface area contributed by atoms with E-state index < -0.39 is 0 Å². The summed E-state index contributed by atoms with van der Waals surface area (Å²) in [6.07, 6.45) is 10.4. The summed E-state index contributed by atoms with van der Waals surface area (Å²) in [6, 6.07) is 10.6. The second-order valence-corrected chi connectivity index (χ2v) is 5.69. The summed E-state index contributed by atoms with van der Waals surface area (Å²) in [6.45, 7) is 6.81. The number of hydrogen-bond acceptors (Lipinski definition) is 2. The van der Waals surface area contributed by atoms with Gasteiger partial charge in [-0.15, -0.1) is 0 Å². The molecule has 2 heteroatoms. The Morgan fingerprint density at radius 2 is 1.70 bits per heavy atom. The molecule has 0 amide bonds. The molecule has 1 aliphatic carbocycles. The molecule has 0 saturated heterocycles. The number of nitrogens with zero attached hydrogens (tertiary/aromatic N) is 2. The summed E-state index contributed by atoms with van der Waals surface area (Å²) in [7, 11) is 0. The summed E-state index contributed by atoms with van der Waals surface area (Å²) >= 11 is 0. The highest BCUT2D eigenvalue weighted by molar-refractivity contribution is 5.52. The Morgan fingerprint density at radius 3 is 2.45 bits per heavy atom. The molecular formula is C18H22N2. The number of benzene rings is 1. The van der Waals surface area contributed by atoms with Crippen LogP contribution in [0.5, 0.6) is 0 Å². The van der Waals surface area contributed by atoms with Crippen LogP contribution in [-0.4, -0.2) is 11.1 Å². The highest BCUT2D eigenvalue weighted by Crippen LogP contribution is 2.32. The quantitative estimate of drug-likeness (QED) is 0.778. The molecule has 20 heavy (non-hydrogen) atoms. The van der Waals surface area contributed by atoms with E-state index in [9.17, 15) is 0 Å². The summed E-state index contributed by atoms with van der Waals surface area (Å²) in [5.74, 6) is 0.640. The van der Waals surface area contributed by atoms with Crippen molar-refractivity contribution in [3.63, 3.8) is 0 Å². The van der Waals surface area contributed by atoms with E-state index in [0.717, 1.165) is 6.42 Å². The molecule has 0 radical (unpaired) electrons. The molecule has 104 valence electrons. The van der Waals surface area contributed by atoms with E-state index in [1.807, 2.05) is 0 Å². The fourth-order valence-corrected chi connectivity index (χ4v) is 2.94. The minimum absolute atomic E-state index is 0.317. The van der Waals surface area contributed by atoms with E-state index in [4.69, 9.17) is 0 Å². The van der Waals surface area contributed by atoms with Crippen molar-refractivity contribution in [1.29, 1.82) is 0 Å². The zero-order valence-corrected chi connectivity index (χ0v) is 12.5. The average Bonchev–Trinajstić information content (AvgIpc) is 2.85. The van der Waals surface area contributed by atoms with E-state index in [0.29, 0.717) is 12.1 Å². The van der Waals surface area contributed by atoms with Crippen LogP contribution in [0.15, 0.2) is 66.2 Å². The summed E-state index contributed by atoms with van der Waals surface area (Å²) in [5, 5.41) is 0. The van der Waals surface area contributed by atoms with E-state index in [1.165, 1.54) is 17.0 Å². The van der Waals surface area contributed by atoms with Gasteiger partial charge in [0.2, 0.25) is 0 Å². The Kier molecular flexibility index (Phi) is 3.39. The van der Waals surface area contributed by atoms with Crippen LogP contribution in [0.2, 0.25) is 0 Å². The third kappa shape index (κ3) is 2.15. The first-order valence-corrected chi connectivity index (χ1v) is 7.36. The predicted molar refractivity (Wildman–Crippen MR) is 85.0 cm³/mol. The van der Waals surface area contributed by atoms with Gasteiger partial charge >= 0.3 is 0 Å². The lowest BCUT2D eigenvalue weighted by Gasteiger charge is -2.33. The van der Waals surface area contributed by atoms with Gasteiger partial charge in [0, 0.05) is 23.8 Å². The van der Waals surface area contributed by atoms with Gasteiger partial charge in [-0.2, -0.15) is 0 Å². The molecule has 1 aromatic carbocycles. The zero-order valence-electron chi connectivity index (χ0n) is 12.5. The fourth-order valence-electron chi connectivity index (χ4n) is 2.94. The van der Waals surface area contributed by atoms with Crippen molar-refractivity contribution >= 4 is 5.69 Å². The first-order chi connectivity index (χ1) is 9.68. The molecule has 0 N–H and O–H groups in total. The molecule has 3 rings (SSSR count). The normalized spacial score (nSPS) is 25.8. The lowest BCUT2D eigenvalue weighted by Crippen LogP contribution is -2.36. The maximum absolute atomic E-state index is 2.37. The van der Waals surface area contributed by atoms with Crippen molar-refractivity contribution in [2.75, 3.05) is 4.90 Å². The average molecular weight is 266 g/mol. The van der Waals surface area contributed by atoms with Crippen LogP contribution in [0.1, 0.15) is 27.2 Å². The topological polar surface area (TPSA) is 6.48 Å². The molecule has 2 nitrogen and oxygen atoms in total. The molecule has 1 aromatic rings. The first-order valence-electron chi connectivity index (χ1n) is 7.36. The van der Waals surface area contributed by atoms with Crippen LogP contribution < -0.4 is 4.90 Å². The Labute approximate surface area is 121 Å². The number of allylic oxidation sites excluding steroid dienone is 3. The van der Waals surface area contributed by atoms with Crippen molar-refractivity contribution in [2.24, 2.45) is 5.92 Å². The van der Waals surface area contributed by atoms with E-state index in [-0.39, 0.29) is 0 Å². The Morgan fingerprint density at radius 1 is 1.00 bits per heavy atom. The monoisotopic (exact) mass is 266 g/mol. The van der Waals surface area contributed by atoms with E-state index in [1.54, 1.807) is 0 Å². The maximum Gasteiger partial charge on any atom is 0.107 e. The maximum atomic E-state index is 2.37. The smallest absolute Gasteiger partial charge is 0.107 e. The number of anilines is 1. The molecular weight excluding hydrogens is 244 g/mol. The second kappa shape index (κ2) is 5.20.